The Bertz CT molecular complexity index is 931. The second kappa shape index (κ2) is 9.26. The fourth-order valence-electron chi connectivity index (χ4n) is 3.63. The largest absolute Gasteiger partial charge is 0.361 e. The lowest BCUT2D eigenvalue weighted by molar-refractivity contribution is -0.856. The van der Waals surface area contributed by atoms with E-state index in [4.69, 9.17) is 11.6 Å². The van der Waals surface area contributed by atoms with Crippen LogP contribution in [0.25, 0.3) is 10.9 Å². The first-order valence-electron chi connectivity index (χ1n) is 9.89. The van der Waals surface area contributed by atoms with Gasteiger partial charge in [-0.2, -0.15) is 0 Å². The van der Waals surface area contributed by atoms with E-state index in [1.165, 1.54) is 15.8 Å². The van der Waals surface area contributed by atoms with Crippen molar-refractivity contribution in [1.29, 1.82) is 0 Å². The third-order valence-electron chi connectivity index (χ3n) is 5.20. The van der Waals surface area contributed by atoms with Crippen molar-refractivity contribution in [1.82, 2.24) is 10.3 Å². The Balaban J connectivity index is 1.93. The number of para-hydroxylation sites is 1. The number of quaternary nitrogens is 1. The Morgan fingerprint density at radius 3 is 2.61 bits per heavy atom. The van der Waals surface area contributed by atoms with E-state index in [-0.39, 0.29) is 11.8 Å². The molecule has 3 aromatic rings. The summed E-state index contributed by atoms with van der Waals surface area (Å²) in [7, 11) is 4.17. The van der Waals surface area contributed by atoms with Crippen LogP contribution < -0.4 is 10.2 Å². The molecule has 0 bridgehead atoms. The van der Waals surface area contributed by atoms with Crippen LogP contribution in [0.5, 0.6) is 0 Å². The van der Waals surface area contributed by atoms with Crippen LogP contribution in [0.2, 0.25) is 5.02 Å². The summed E-state index contributed by atoms with van der Waals surface area (Å²) in [6, 6.07) is 14.2. The zero-order chi connectivity index (χ0) is 20.1. The summed E-state index contributed by atoms with van der Waals surface area (Å²) < 4.78 is 0. The summed E-state index contributed by atoms with van der Waals surface area (Å²) in [5.41, 5.74) is 4.70. The first-order valence-corrected chi connectivity index (χ1v) is 10.3. The number of hydrogen-bond donors (Lipinski definition) is 3. The van der Waals surface area contributed by atoms with Crippen LogP contribution in [-0.2, 0) is 11.2 Å². The molecule has 0 saturated heterocycles. The van der Waals surface area contributed by atoms with Crippen LogP contribution in [0.1, 0.15) is 36.0 Å². The maximum absolute atomic E-state index is 12.7. The highest BCUT2D eigenvalue weighted by Gasteiger charge is 2.22. The third-order valence-corrected chi connectivity index (χ3v) is 5.45. The summed E-state index contributed by atoms with van der Waals surface area (Å²) in [5.74, 6) is 0.0482. The number of carbonyl (C=O) groups excluding carboxylic acids is 1. The van der Waals surface area contributed by atoms with E-state index < -0.39 is 0 Å². The standard InChI is InChI=1S/C23H28ClN3O/c1-4-16-6-5-7-19-21(15-26-23(16)19)20(17-8-10-18(24)11-9-17)14-22(28)25-12-13-27(2)3/h5-11,15,20,26H,4,12-14H2,1-3H3,(H,25,28)/p+1/t20-/m0/s1. The van der Waals surface area contributed by atoms with Gasteiger partial charge < -0.3 is 15.2 Å². The van der Waals surface area contributed by atoms with Crippen LogP contribution in [-0.4, -0.2) is 38.1 Å². The van der Waals surface area contributed by atoms with E-state index in [1.807, 2.05) is 24.3 Å². The SMILES string of the molecule is CCc1cccc2c([C@@H](CC(=O)NCC[NH+](C)C)c3ccc(Cl)cc3)c[nH]c12. The van der Waals surface area contributed by atoms with Crippen molar-refractivity contribution in [3.05, 3.63) is 70.4 Å². The molecule has 0 saturated carbocycles. The van der Waals surface area contributed by atoms with Crippen molar-refractivity contribution >= 4 is 28.4 Å². The minimum Gasteiger partial charge on any atom is -0.361 e. The number of nitrogens with one attached hydrogen (secondary N) is 3. The molecule has 0 unspecified atom stereocenters. The molecule has 1 heterocycles. The number of amides is 1. The fourth-order valence-corrected chi connectivity index (χ4v) is 3.76. The number of hydrogen-bond acceptors (Lipinski definition) is 1. The lowest BCUT2D eigenvalue weighted by atomic mass is 9.87. The topological polar surface area (TPSA) is 49.3 Å². The molecule has 3 N–H and O–H groups in total. The van der Waals surface area contributed by atoms with Crippen LogP contribution in [0.15, 0.2) is 48.7 Å². The molecule has 4 nitrogen and oxygen atoms in total. The molecule has 0 fully saturated rings. The predicted molar refractivity (Wildman–Crippen MR) is 116 cm³/mol. The van der Waals surface area contributed by atoms with Gasteiger partial charge in [-0.05, 0) is 35.2 Å². The van der Waals surface area contributed by atoms with Crippen molar-refractivity contribution < 1.29 is 9.69 Å². The quantitative estimate of drug-likeness (QED) is 0.536. The monoisotopic (exact) mass is 398 g/mol. The summed E-state index contributed by atoms with van der Waals surface area (Å²) in [6.07, 6.45) is 3.43. The van der Waals surface area contributed by atoms with Gasteiger partial charge in [0.05, 0.1) is 27.2 Å². The fraction of sp³-hybridized carbons (Fsp3) is 0.348. The molecule has 28 heavy (non-hydrogen) atoms. The number of rotatable bonds is 8. The van der Waals surface area contributed by atoms with Gasteiger partial charge in [0.1, 0.15) is 0 Å². The maximum Gasteiger partial charge on any atom is 0.221 e. The smallest absolute Gasteiger partial charge is 0.221 e. The van der Waals surface area contributed by atoms with E-state index >= 15 is 0 Å². The second-order valence-electron chi connectivity index (χ2n) is 7.55. The first-order chi connectivity index (χ1) is 13.5. The Labute approximate surface area is 171 Å². The normalized spacial score (nSPS) is 12.5. The molecule has 1 amide bonds. The molecule has 3 rings (SSSR count). The molecule has 0 spiro atoms. The van der Waals surface area contributed by atoms with Crippen LogP contribution in [0.3, 0.4) is 0 Å². The van der Waals surface area contributed by atoms with Crippen molar-refractivity contribution in [2.75, 3.05) is 27.2 Å². The Morgan fingerprint density at radius 1 is 1.18 bits per heavy atom. The van der Waals surface area contributed by atoms with E-state index in [0.717, 1.165) is 29.6 Å². The average Bonchev–Trinajstić information content (AvgIpc) is 3.10. The van der Waals surface area contributed by atoms with Crippen molar-refractivity contribution in [2.24, 2.45) is 0 Å². The third kappa shape index (κ3) is 4.75. The van der Waals surface area contributed by atoms with Gasteiger partial charge in [-0.1, -0.05) is 48.9 Å². The minimum absolute atomic E-state index is 0.0233. The van der Waals surface area contributed by atoms with E-state index in [9.17, 15) is 4.79 Å². The number of aryl methyl sites for hydroxylation is 1. The van der Waals surface area contributed by atoms with Crippen molar-refractivity contribution in [3.8, 4) is 0 Å². The van der Waals surface area contributed by atoms with Gasteiger partial charge in [-0.3, -0.25) is 4.79 Å². The zero-order valence-electron chi connectivity index (χ0n) is 16.8. The highest BCUT2D eigenvalue weighted by atomic mass is 35.5. The lowest BCUT2D eigenvalue weighted by Gasteiger charge is -2.18. The summed E-state index contributed by atoms with van der Waals surface area (Å²) >= 11 is 6.09. The van der Waals surface area contributed by atoms with Crippen molar-refractivity contribution in [3.63, 3.8) is 0 Å². The molecular weight excluding hydrogens is 370 g/mol. The van der Waals surface area contributed by atoms with Crippen LogP contribution >= 0.6 is 11.6 Å². The van der Waals surface area contributed by atoms with Gasteiger partial charge in [0.2, 0.25) is 5.91 Å². The highest BCUT2D eigenvalue weighted by molar-refractivity contribution is 6.30. The number of fused-ring (bicyclic) bond motifs is 1. The van der Waals surface area contributed by atoms with E-state index in [2.05, 4.69) is 55.7 Å². The highest BCUT2D eigenvalue weighted by Crippen LogP contribution is 2.35. The predicted octanol–water partition coefficient (Wildman–Crippen LogP) is 3.17. The zero-order valence-corrected chi connectivity index (χ0v) is 17.6. The Morgan fingerprint density at radius 2 is 1.93 bits per heavy atom. The number of halogens is 1. The number of carbonyl (C=O) groups is 1. The molecule has 0 aliphatic heterocycles. The number of likely N-dealkylation sites (N-methyl/N-ethyl adjacent to an activating group) is 1. The van der Waals surface area contributed by atoms with Gasteiger partial charge in [0.25, 0.3) is 0 Å². The summed E-state index contributed by atoms with van der Waals surface area (Å²) in [5, 5.41) is 4.95. The molecule has 2 aromatic carbocycles. The van der Waals surface area contributed by atoms with Gasteiger partial charge in [0, 0.05) is 34.5 Å². The number of aromatic nitrogens is 1. The van der Waals surface area contributed by atoms with E-state index in [0.29, 0.717) is 18.0 Å². The molecular formula is C23H29ClN3O+. The van der Waals surface area contributed by atoms with Gasteiger partial charge in [-0.25, -0.2) is 0 Å². The summed E-state index contributed by atoms with van der Waals surface area (Å²) in [4.78, 5) is 17.4. The Kier molecular flexibility index (Phi) is 6.76. The van der Waals surface area contributed by atoms with Crippen molar-refractivity contribution in [2.45, 2.75) is 25.7 Å². The Hall–Kier alpha value is -2.30. The number of benzene rings is 2. The lowest BCUT2D eigenvalue weighted by Crippen LogP contribution is -3.06. The molecule has 0 aliphatic carbocycles. The van der Waals surface area contributed by atoms with E-state index in [1.54, 1.807) is 0 Å². The van der Waals surface area contributed by atoms with Gasteiger partial charge >= 0.3 is 0 Å². The van der Waals surface area contributed by atoms with Crippen LogP contribution in [0.4, 0.5) is 0 Å². The molecule has 0 radical (unpaired) electrons. The molecule has 5 heteroatoms. The first kappa shape index (κ1) is 20.4. The minimum atomic E-state index is -0.0233. The molecule has 1 aromatic heterocycles. The summed E-state index contributed by atoms with van der Waals surface area (Å²) in [6.45, 7) is 3.75. The maximum atomic E-state index is 12.7. The molecule has 0 aliphatic rings. The number of aromatic amines is 1. The van der Waals surface area contributed by atoms with Gasteiger partial charge in [0.15, 0.2) is 0 Å². The van der Waals surface area contributed by atoms with Gasteiger partial charge in [-0.15, -0.1) is 0 Å². The average molecular weight is 399 g/mol. The second-order valence-corrected chi connectivity index (χ2v) is 7.99. The molecule has 1 atom stereocenters. The van der Waals surface area contributed by atoms with Crippen LogP contribution in [0, 0.1) is 0 Å². The molecule has 148 valence electrons. The number of H-pyrrole nitrogens is 1.